The van der Waals surface area contributed by atoms with Gasteiger partial charge in [0.25, 0.3) is 0 Å². The largest absolute Gasteiger partial charge is 0.554 e. The van der Waals surface area contributed by atoms with Gasteiger partial charge in [0.15, 0.2) is 0 Å². The number of ether oxygens (including phenoxy) is 1. The Morgan fingerprint density at radius 3 is 2.39 bits per heavy atom. The number of aliphatic hydroxyl groups is 1. The van der Waals surface area contributed by atoms with Crippen LogP contribution in [0.1, 0.15) is 36.8 Å². The molecule has 2 saturated heterocycles. The average molecular weight is 568 g/mol. The highest BCUT2D eigenvalue weighted by Crippen LogP contribution is 2.34. The monoisotopic (exact) mass is 567 g/mol. The molecular formula is C30H39N4O7-. The van der Waals surface area contributed by atoms with Crippen LogP contribution in [0.5, 0.6) is 5.75 Å². The Hall–Kier alpha value is -3.96. The number of carbonyl (C=O) groups excluding carboxylic acids is 4. The molecule has 2 aromatic carbocycles. The second-order valence-electron chi connectivity index (χ2n) is 10.3. The van der Waals surface area contributed by atoms with Crippen molar-refractivity contribution >= 4 is 24.2 Å². The fraction of sp³-hybridized carbons (Fsp3) is 0.467. The summed E-state index contributed by atoms with van der Waals surface area (Å²) in [5.41, 5.74) is 8.16. The first-order chi connectivity index (χ1) is 19.8. The van der Waals surface area contributed by atoms with Crippen molar-refractivity contribution in [2.45, 2.75) is 62.7 Å². The fourth-order valence-corrected chi connectivity index (χ4v) is 5.53. The molecule has 41 heavy (non-hydrogen) atoms. The second kappa shape index (κ2) is 15.7. The first-order valence-corrected chi connectivity index (χ1v) is 13.8. The van der Waals surface area contributed by atoms with E-state index in [0.717, 1.165) is 16.9 Å². The third-order valence-corrected chi connectivity index (χ3v) is 7.71. The number of carbonyl (C=O) groups is 4. The third kappa shape index (κ3) is 8.51. The summed E-state index contributed by atoms with van der Waals surface area (Å²) in [5, 5.41) is 24.1. The first kappa shape index (κ1) is 31.6. The Morgan fingerprint density at radius 2 is 1.76 bits per heavy atom. The number of hydrogen-bond acceptors (Lipinski definition) is 8. The quantitative estimate of drug-likeness (QED) is 0.279. The van der Waals surface area contributed by atoms with Crippen LogP contribution in [0.2, 0.25) is 0 Å². The number of nitrogens with zero attached hydrogens (tertiary/aromatic N) is 1. The van der Waals surface area contributed by atoms with Crippen molar-refractivity contribution < 1.29 is 34.1 Å². The molecule has 2 heterocycles. The molecule has 5 N–H and O–H groups in total. The number of nitrogens with one attached hydrogen (secondary N) is 2. The lowest BCUT2D eigenvalue weighted by atomic mass is 9.93. The van der Waals surface area contributed by atoms with Crippen LogP contribution in [-0.2, 0) is 32.0 Å². The Kier molecular flexibility index (Phi) is 12.1. The standard InChI is InChI=1S/C29H38N4O5.CH2O2/c1-38-23-12-7-19(8-13-23)15-16-31-28(36)25-14-11-22-10-9-21(18-34)26(29(37)33(22)25)32-27(35)24(30)17-20-5-3-2-4-6-20;2-1-3/h2-8,12-13,21-22,24-26,34H,9-11,14-18,30H2,1H3,(H,31,36)(H,32,35);1H,(H,2,3)/p-1/t21-,22+,24-,25+,26+;/m1./s1. The van der Waals surface area contributed by atoms with Crippen molar-refractivity contribution in [3.63, 3.8) is 0 Å². The zero-order chi connectivity index (χ0) is 29.8. The minimum absolute atomic E-state index is 0.0891. The van der Waals surface area contributed by atoms with Gasteiger partial charge >= 0.3 is 0 Å². The van der Waals surface area contributed by atoms with E-state index in [0.29, 0.717) is 45.1 Å². The summed E-state index contributed by atoms with van der Waals surface area (Å²) in [4.78, 5) is 49.8. The summed E-state index contributed by atoms with van der Waals surface area (Å²) in [6.45, 7) is -0.286. The van der Waals surface area contributed by atoms with Gasteiger partial charge in [0.2, 0.25) is 17.7 Å². The topological polar surface area (TPSA) is 174 Å². The molecule has 2 aliphatic heterocycles. The van der Waals surface area contributed by atoms with E-state index in [1.54, 1.807) is 12.0 Å². The van der Waals surface area contributed by atoms with E-state index in [9.17, 15) is 19.5 Å². The highest BCUT2D eigenvalue weighted by atomic mass is 16.5. The van der Waals surface area contributed by atoms with Gasteiger partial charge in [-0.2, -0.15) is 0 Å². The Balaban J connectivity index is 0.00000147. The van der Waals surface area contributed by atoms with Gasteiger partial charge in [0.05, 0.1) is 13.2 Å². The van der Waals surface area contributed by atoms with Crippen molar-refractivity contribution in [3.05, 3.63) is 65.7 Å². The van der Waals surface area contributed by atoms with Crippen molar-refractivity contribution in [2.75, 3.05) is 20.3 Å². The molecule has 0 unspecified atom stereocenters. The smallest absolute Gasteiger partial charge is 0.246 e. The van der Waals surface area contributed by atoms with E-state index in [2.05, 4.69) is 10.6 Å². The maximum Gasteiger partial charge on any atom is 0.246 e. The summed E-state index contributed by atoms with van der Waals surface area (Å²) < 4.78 is 5.18. The third-order valence-electron chi connectivity index (χ3n) is 7.71. The van der Waals surface area contributed by atoms with E-state index < -0.39 is 36.4 Å². The van der Waals surface area contributed by atoms with Gasteiger partial charge in [-0.15, -0.1) is 0 Å². The number of hydrogen-bond donors (Lipinski definition) is 4. The lowest BCUT2D eigenvalue weighted by molar-refractivity contribution is -0.283. The SMILES string of the molecule is COc1ccc(CCNC(=O)[C@@H]2CC[C@@H]3CC[C@H](CO)[C@H](NC(=O)[C@H](N)Cc4ccccc4)C(=O)N32)cc1.O=C[O-]. The van der Waals surface area contributed by atoms with Crippen LogP contribution in [0.4, 0.5) is 0 Å². The molecule has 0 radical (unpaired) electrons. The van der Waals surface area contributed by atoms with E-state index in [-0.39, 0.29) is 24.5 Å². The molecule has 0 spiro atoms. The molecule has 0 bridgehead atoms. The highest BCUT2D eigenvalue weighted by Gasteiger charge is 2.47. The summed E-state index contributed by atoms with van der Waals surface area (Å²) in [6, 6.07) is 14.7. The number of nitrogens with two attached hydrogens (primary N) is 1. The van der Waals surface area contributed by atoms with Crippen molar-refractivity contribution in [2.24, 2.45) is 11.7 Å². The van der Waals surface area contributed by atoms with Crippen LogP contribution >= 0.6 is 0 Å². The Morgan fingerprint density at radius 1 is 1.10 bits per heavy atom. The molecule has 11 heteroatoms. The molecular weight excluding hydrogens is 528 g/mol. The first-order valence-electron chi connectivity index (χ1n) is 13.8. The molecule has 11 nitrogen and oxygen atoms in total. The summed E-state index contributed by atoms with van der Waals surface area (Å²) in [7, 11) is 1.62. The van der Waals surface area contributed by atoms with Crippen molar-refractivity contribution in [1.29, 1.82) is 0 Å². The number of rotatable bonds is 10. The van der Waals surface area contributed by atoms with Crippen molar-refractivity contribution in [1.82, 2.24) is 15.5 Å². The maximum atomic E-state index is 13.8. The summed E-state index contributed by atoms with van der Waals surface area (Å²) in [5.74, 6) is -0.607. The van der Waals surface area contributed by atoms with Crippen molar-refractivity contribution in [3.8, 4) is 5.75 Å². The molecule has 2 fully saturated rings. The highest BCUT2D eigenvalue weighted by molar-refractivity contribution is 5.94. The zero-order valence-electron chi connectivity index (χ0n) is 23.2. The molecule has 3 amide bonds. The normalized spacial score (nSPS) is 22.3. The molecule has 2 aliphatic rings. The molecule has 0 aliphatic carbocycles. The number of carboxylic acid groups (broad SMARTS) is 1. The molecule has 5 atom stereocenters. The fourth-order valence-electron chi connectivity index (χ4n) is 5.53. The summed E-state index contributed by atoms with van der Waals surface area (Å²) >= 11 is 0. The molecule has 4 rings (SSSR count). The van der Waals surface area contributed by atoms with Crippen LogP contribution in [0.25, 0.3) is 0 Å². The number of methoxy groups -OCH3 is 1. The number of amides is 3. The van der Waals surface area contributed by atoms with E-state index in [1.807, 2.05) is 54.6 Å². The summed E-state index contributed by atoms with van der Waals surface area (Å²) in [6.07, 6.45) is 3.54. The molecule has 2 aromatic rings. The van der Waals surface area contributed by atoms with Crippen LogP contribution in [0.3, 0.4) is 0 Å². The van der Waals surface area contributed by atoms with Gasteiger partial charge in [0.1, 0.15) is 17.8 Å². The number of benzene rings is 2. The van der Waals surface area contributed by atoms with Crippen LogP contribution in [0, 0.1) is 5.92 Å². The van der Waals surface area contributed by atoms with Crippen LogP contribution < -0.4 is 26.2 Å². The van der Waals surface area contributed by atoms with E-state index in [4.69, 9.17) is 20.4 Å². The molecule has 0 saturated carbocycles. The minimum Gasteiger partial charge on any atom is -0.554 e. The predicted octanol–water partition coefficient (Wildman–Crippen LogP) is -0.463. The average Bonchev–Trinajstić information content (AvgIpc) is 3.36. The molecule has 222 valence electrons. The van der Waals surface area contributed by atoms with Crippen LogP contribution in [0.15, 0.2) is 54.6 Å². The second-order valence-corrected chi connectivity index (χ2v) is 10.3. The van der Waals surface area contributed by atoms with Gasteiger partial charge < -0.3 is 41.0 Å². The van der Waals surface area contributed by atoms with E-state index >= 15 is 0 Å². The lowest BCUT2D eigenvalue weighted by Crippen LogP contribution is -2.58. The van der Waals surface area contributed by atoms with Gasteiger partial charge in [0, 0.05) is 31.6 Å². The number of aliphatic hydroxyl groups excluding tert-OH is 1. The lowest BCUT2D eigenvalue weighted by Gasteiger charge is -2.32. The number of fused-ring (bicyclic) bond motifs is 1. The van der Waals surface area contributed by atoms with Gasteiger partial charge in [-0.25, -0.2) is 0 Å². The Labute approximate surface area is 240 Å². The van der Waals surface area contributed by atoms with Gasteiger partial charge in [-0.05, 0) is 61.8 Å². The predicted molar refractivity (Wildman–Crippen MR) is 149 cm³/mol. The maximum absolute atomic E-state index is 13.8. The minimum atomic E-state index is -0.924. The van der Waals surface area contributed by atoms with E-state index in [1.165, 1.54) is 0 Å². The molecule has 0 aromatic heterocycles. The zero-order valence-corrected chi connectivity index (χ0v) is 23.2. The van der Waals surface area contributed by atoms with Gasteiger partial charge in [-0.1, -0.05) is 42.5 Å². The van der Waals surface area contributed by atoms with Gasteiger partial charge in [-0.3, -0.25) is 14.4 Å². The van der Waals surface area contributed by atoms with Crippen LogP contribution in [-0.4, -0.2) is 78.6 Å². The Bertz CT molecular complexity index is 1150.